The van der Waals surface area contributed by atoms with Gasteiger partial charge in [0.25, 0.3) is 0 Å². The zero-order valence-corrected chi connectivity index (χ0v) is 6.68. The topological polar surface area (TPSA) is 50.4 Å². The first-order valence-corrected chi connectivity index (χ1v) is 3.74. The first-order chi connectivity index (χ1) is 5.79. The van der Waals surface area contributed by atoms with Crippen LogP contribution in [0.1, 0.15) is 18.7 Å². The molecule has 1 atom stereocenters. The van der Waals surface area contributed by atoms with Crippen LogP contribution in [0.15, 0.2) is 24.8 Å². The van der Waals surface area contributed by atoms with Crippen molar-refractivity contribution in [1.82, 2.24) is 14.4 Å². The molecule has 0 fully saturated rings. The summed E-state index contributed by atoms with van der Waals surface area (Å²) in [5.74, 6) is 0. The average Bonchev–Trinajstić information content (AvgIpc) is 2.47. The van der Waals surface area contributed by atoms with Gasteiger partial charge in [-0.1, -0.05) is 0 Å². The highest BCUT2D eigenvalue weighted by atomic mass is 16.3. The molecule has 2 heterocycles. The van der Waals surface area contributed by atoms with Crippen LogP contribution in [0.3, 0.4) is 0 Å². The summed E-state index contributed by atoms with van der Waals surface area (Å²) in [7, 11) is 0. The molecule has 2 aromatic rings. The fourth-order valence-corrected chi connectivity index (χ4v) is 1.17. The molecule has 4 nitrogen and oxygen atoms in total. The first kappa shape index (κ1) is 7.24. The highest BCUT2D eigenvalue weighted by molar-refractivity contribution is 5.37. The molecule has 0 unspecified atom stereocenters. The molecule has 0 aliphatic heterocycles. The van der Waals surface area contributed by atoms with Gasteiger partial charge in [0.2, 0.25) is 0 Å². The quantitative estimate of drug-likeness (QED) is 0.676. The van der Waals surface area contributed by atoms with Crippen molar-refractivity contribution in [1.29, 1.82) is 0 Å². The highest BCUT2D eigenvalue weighted by Gasteiger charge is 2.06. The van der Waals surface area contributed by atoms with Crippen molar-refractivity contribution in [3.05, 3.63) is 30.5 Å². The molecular formula is C8H9N3O. The third-order valence-electron chi connectivity index (χ3n) is 1.77. The van der Waals surface area contributed by atoms with E-state index >= 15 is 0 Å². The molecule has 0 spiro atoms. The van der Waals surface area contributed by atoms with Crippen molar-refractivity contribution in [2.75, 3.05) is 0 Å². The SMILES string of the molecule is C[C@@H](O)c1cnc2cnccn12. The minimum absolute atomic E-state index is 0.498. The maximum Gasteiger partial charge on any atom is 0.155 e. The minimum Gasteiger partial charge on any atom is -0.387 e. The summed E-state index contributed by atoms with van der Waals surface area (Å²) < 4.78 is 1.82. The van der Waals surface area contributed by atoms with Gasteiger partial charge in [0.15, 0.2) is 5.65 Å². The van der Waals surface area contributed by atoms with E-state index in [1.807, 2.05) is 4.40 Å². The summed E-state index contributed by atoms with van der Waals surface area (Å²) >= 11 is 0. The third-order valence-corrected chi connectivity index (χ3v) is 1.77. The maximum absolute atomic E-state index is 9.33. The number of imidazole rings is 1. The minimum atomic E-state index is -0.498. The summed E-state index contributed by atoms with van der Waals surface area (Å²) in [4.78, 5) is 8.00. The Morgan fingerprint density at radius 2 is 2.33 bits per heavy atom. The lowest BCUT2D eigenvalue weighted by Gasteiger charge is -2.02. The number of fused-ring (bicyclic) bond motifs is 1. The standard InChI is InChI=1S/C8H9N3O/c1-6(12)7-4-10-8-5-9-2-3-11(7)8/h2-6,12H,1H3/t6-/m1/s1. The monoisotopic (exact) mass is 163 g/mol. The molecule has 0 aromatic carbocycles. The van der Waals surface area contributed by atoms with Crippen LogP contribution in [-0.4, -0.2) is 19.5 Å². The average molecular weight is 163 g/mol. The van der Waals surface area contributed by atoms with Gasteiger partial charge in [-0.05, 0) is 6.92 Å². The van der Waals surface area contributed by atoms with E-state index in [4.69, 9.17) is 0 Å². The number of rotatable bonds is 1. The van der Waals surface area contributed by atoms with Crippen molar-refractivity contribution in [3.63, 3.8) is 0 Å². The molecule has 0 saturated carbocycles. The lowest BCUT2D eigenvalue weighted by molar-refractivity contribution is 0.193. The predicted octanol–water partition coefficient (Wildman–Crippen LogP) is 0.783. The number of nitrogens with zero attached hydrogens (tertiary/aromatic N) is 3. The molecule has 2 rings (SSSR count). The second-order valence-electron chi connectivity index (χ2n) is 2.66. The molecule has 0 aliphatic rings. The molecule has 1 N–H and O–H groups in total. The Kier molecular flexibility index (Phi) is 1.55. The summed E-state index contributed by atoms with van der Waals surface area (Å²) in [6, 6.07) is 0. The van der Waals surface area contributed by atoms with Gasteiger partial charge in [-0.3, -0.25) is 9.38 Å². The van der Waals surface area contributed by atoms with E-state index in [-0.39, 0.29) is 0 Å². The number of hydrogen-bond donors (Lipinski definition) is 1. The van der Waals surface area contributed by atoms with Gasteiger partial charge in [-0.15, -0.1) is 0 Å². The lowest BCUT2D eigenvalue weighted by Crippen LogP contribution is -1.96. The van der Waals surface area contributed by atoms with Gasteiger partial charge >= 0.3 is 0 Å². The number of hydrogen-bond acceptors (Lipinski definition) is 3. The van der Waals surface area contributed by atoms with E-state index in [0.717, 1.165) is 11.3 Å². The summed E-state index contributed by atoms with van der Waals surface area (Å²) in [5.41, 5.74) is 1.54. The van der Waals surface area contributed by atoms with E-state index < -0.39 is 6.10 Å². The van der Waals surface area contributed by atoms with Crippen LogP contribution >= 0.6 is 0 Å². The van der Waals surface area contributed by atoms with Gasteiger partial charge in [0.1, 0.15) is 0 Å². The van der Waals surface area contributed by atoms with Crippen LogP contribution in [0.4, 0.5) is 0 Å². The van der Waals surface area contributed by atoms with Gasteiger partial charge in [-0.25, -0.2) is 4.98 Å². The molecule has 0 radical (unpaired) electrons. The summed E-state index contributed by atoms with van der Waals surface area (Å²) in [6.45, 7) is 1.71. The second-order valence-corrected chi connectivity index (χ2v) is 2.66. The van der Waals surface area contributed by atoms with Crippen LogP contribution in [0.25, 0.3) is 5.65 Å². The van der Waals surface area contributed by atoms with Gasteiger partial charge in [0.05, 0.1) is 24.2 Å². The van der Waals surface area contributed by atoms with Crippen molar-refractivity contribution < 1.29 is 5.11 Å². The Hall–Kier alpha value is -1.42. The zero-order valence-electron chi connectivity index (χ0n) is 6.68. The van der Waals surface area contributed by atoms with Crippen molar-refractivity contribution in [2.24, 2.45) is 0 Å². The van der Waals surface area contributed by atoms with E-state index in [9.17, 15) is 5.11 Å². The molecule has 2 aromatic heterocycles. The van der Waals surface area contributed by atoms with Crippen LogP contribution < -0.4 is 0 Å². The van der Waals surface area contributed by atoms with Gasteiger partial charge in [-0.2, -0.15) is 0 Å². The Morgan fingerprint density at radius 3 is 3.08 bits per heavy atom. The van der Waals surface area contributed by atoms with E-state index in [1.54, 1.807) is 31.7 Å². The predicted molar refractivity (Wildman–Crippen MR) is 43.6 cm³/mol. The van der Waals surface area contributed by atoms with Crippen LogP contribution in [0, 0.1) is 0 Å². The first-order valence-electron chi connectivity index (χ1n) is 3.74. The molecule has 62 valence electrons. The fourth-order valence-electron chi connectivity index (χ4n) is 1.17. The fraction of sp³-hybridized carbons (Fsp3) is 0.250. The summed E-state index contributed by atoms with van der Waals surface area (Å²) in [5, 5.41) is 9.33. The van der Waals surface area contributed by atoms with Crippen molar-refractivity contribution in [3.8, 4) is 0 Å². The van der Waals surface area contributed by atoms with Crippen molar-refractivity contribution >= 4 is 5.65 Å². The molecule has 0 amide bonds. The van der Waals surface area contributed by atoms with E-state index in [0.29, 0.717) is 0 Å². The number of aliphatic hydroxyl groups excluding tert-OH is 1. The largest absolute Gasteiger partial charge is 0.387 e. The van der Waals surface area contributed by atoms with Crippen LogP contribution in [0.2, 0.25) is 0 Å². The van der Waals surface area contributed by atoms with Crippen LogP contribution in [0.5, 0.6) is 0 Å². The number of aliphatic hydroxyl groups is 1. The highest BCUT2D eigenvalue weighted by Crippen LogP contribution is 2.12. The normalized spacial score (nSPS) is 13.5. The Balaban J connectivity index is 2.70. The second kappa shape index (κ2) is 2.57. The third kappa shape index (κ3) is 0.967. The van der Waals surface area contributed by atoms with E-state index in [1.165, 1.54) is 0 Å². The molecule has 4 heteroatoms. The Bertz CT molecular complexity index is 394. The Morgan fingerprint density at radius 1 is 1.50 bits per heavy atom. The number of aromatic nitrogens is 3. The maximum atomic E-state index is 9.33. The molecule has 0 saturated heterocycles. The van der Waals surface area contributed by atoms with Crippen LogP contribution in [-0.2, 0) is 0 Å². The summed E-state index contributed by atoms with van der Waals surface area (Å²) in [6.07, 6.45) is 6.26. The molecule has 0 aliphatic carbocycles. The molecular weight excluding hydrogens is 154 g/mol. The zero-order chi connectivity index (χ0) is 8.55. The molecule has 12 heavy (non-hydrogen) atoms. The van der Waals surface area contributed by atoms with E-state index in [2.05, 4.69) is 9.97 Å². The molecule has 0 bridgehead atoms. The smallest absolute Gasteiger partial charge is 0.155 e. The van der Waals surface area contributed by atoms with Crippen molar-refractivity contribution in [2.45, 2.75) is 13.0 Å². The Labute approximate surface area is 69.5 Å². The lowest BCUT2D eigenvalue weighted by atomic mass is 10.3. The van der Waals surface area contributed by atoms with Gasteiger partial charge in [0, 0.05) is 12.4 Å². The van der Waals surface area contributed by atoms with Gasteiger partial charge < -0.3 is 5.11 Å².